The van der Waals surface area contributed by atoms with Gasteiger partial charge in [0.25, 0.3) is 0 Å². The second kappa shape index (κ2) is 5.10. The number of rotatable bonds is 3. The summed E-state index contributed by atoms with van der Waals surface area (Å²) in [4.78, 5) is 23.2. The largest absolute Gasteiger partial charge is 0.376 e. The second-order valence-electron chi connectivity index (χ2n) is 3.60. The van der Waals surface area contributed by atoms with Crippen molar-refractivity contribution in [2.24, 2.45) is 0 Å². The van der Waals surface area contributed by atoms with Gasteiger partial charge < -0.3 is 9.64 Å². The van der Waals surface area contributed by atoms with Crippen LogP contribution < -0.4 is 0 Å². The van der Waals surface area contributed by atoms with Crippen molar-refractivity contribution in [2.45, 2.75) is 38.3 Å². The number of ether oxygens (including phenoxy) is 1. The molecule has 1 fully saturated rings. The zero-order valence-electron chi connectivity index (χ0n) is 8.66. The second-order valence-corrected chi connectivity index (χ2v) is 3.60. The quantitative estimate of drug-likeness (QED) is 0.664. The smallest absolute Gasteiger partial charge is 0.225 e. The first-order valence-corrected chi connectivity index (χ1v) is 4.89. The van der Waals surface area contributed by atoms with Crippen molar-refractivity contribution in [2.75, 3.05) is 13.7 Å². The van der Waals surface area contributed by atoms with Crippen LogP contribution in [0.3, 0.4) is 0 Å². The predicted octanol–water partition coefficient (Wildman–Crippen LogP) is 0.512. The third-order valence-electron chi connectivity index (χ3n) is 2.60. The summed E-state index contributed by atoms with van der Waals surface area (Å²) < 4.78 is 5.45. The molecule has 1 saturated heterocycles. The van der Waals surface area contributed by atoms with Crippen molar-refractivity contribution in [3.05, 3.63) is 0 Å². The molecule has 1 radical (unpaired) electrons. The lowest BCUT2D eigenvalue weighted by molar-refractivity contribution is -0.131. The minimum absolute atomic E-state index is 0.132. The summed E-state index contributed by atoms with van der Waals surface area (Å²) >= 11 is 0. The Morgan fingerprint density at radius 3 is 2.71 bits per heavy atom. The molecule has 0 saturated carbocycles. The van der Waals surface area contributed by atoms with E-state index in [9.17, 15) is 9.59 Å². The normalized spacial score (nSPS) is 24.0. The zero-order chi connectivity index (χ0) is 10.6. The molecule has 1 heterocycles. The molecule has 4 nitrogen and oxygen atoms in total. The molecule has 0 spiro atoms. The number of hydrogen-bond acceptors (Lipinski definition) is 3. The van der Waals surface area contributed by atoms with E-state index in [1.54, 1.807) is 7.05 Å². The van der Waals surface area contributed by atoms with Gasteiger partial charge in [0.1, 0.15) is 6.04 Å². The van der Waals surface area contributed by atoms with Gasteiger partial charge in [-0.25, -0.2) is 0 Å². The van der Waals surface area contributed by atoms with E-state index in [0.717, 1.165) is 19.3 Å². The SMILES string of the molecule is CC(=O)N(C)C([C]=O)C1CCCCO1. The van der Waals surface area contributed by atoms with Crippen molar-refractivity contribution in [1.29, 1.82) is 0 Å². The molecular formula is C10H16NO3. The van der Waals surface area contributed by atoms with E-state index < -0.39 is 6.04 Å². The van der Waals surface area contributed by atoms with Crippen LogP contribution in [0.5, 0.6) is 0 Å². The first-order valence-electron chi connectivity index (χ1n) is 4.89. The molecule has 0 aromatic heterocycles. The number of likely N-dealkylation sites (N-methyl/N-ethyl adjacent to an activating group) is 1. The van der Waals surface area contributed by atoms with Crippen molar-refractivity contribution in [3.8, 4) is 0 Å². The maximum atomic E-state index is 11.1. The molecule has 4 heteroatoms. The molecule has 1 aliphatic rings. The number of amides is 1. The summed E-state index contributed by atoms with van der Waals surface area (Å²) in [5, 5.41) is 0. The van der Waals surface area contributed by atoms with E-state index in [-0.39, 0.29) is 12.0 Å². The van der Waals surface area contributed by atoms with Crippen LogP contribution in [-0.2, 0) is 14.3 Å². The number of hydrogen-bond donors (Lipinski definition) is 0. The third kappa shape index (κ3) is 2.54. The predicted molar refractivity (Wildman–Crippen MR) is 51.5 cm³/mol. The van der Waals surface area contributed by atoms with Crippen LogP contribution in [0.1, 0.15) is 26.2 Å². The fraction of sp³-hybridized carbons (Fsp3) is 0.800. The van der Waals surface area contributed by atoms with Crippen LogP contribution >= 0.6 is 0 Å². The molecule has 79 valence electrons. The molecule has 2 unspecified atom stereocenters. The first kappa shape index (κ1) is 11.2. The first-order chi connectivity index (χ1) is 6.66. The Hall–Kier alpha value is -0.900. The molecule has 0 aromatic carbocycles. The van der Waals surface area contributed by atoms with Crippen molar-refractivity contribution in [3.63, 3.8) is 0 Å². The van der Waals surface area contributed by atoms with E-state index in [1.807, 2.05) is 6.29 Å². The van der Waals surface area contributed by atoms with E-state index >= 15 is 0 Å². The fourth-order valence-electron chi connectivity index (χ4n) is 1.61. The summed E-state index contributed by atoms with van der Waals surface area (Å²) in [5.74, 6) is -0.132. The van der Waals surface area contributed by atoms with Gasteiger partial charge in [0.2, 0.25) is 12.2 Å². The van der Waals surface area contributed by atoms with Gasteiger partial charge >= 0.3 is 0 Å². The van der Waals surface area contributed by atoms with Crippen molar-refractivity contribution in [1.82, 2.24) is 4.90 Å². The fourth-order valence-corrected chi connectivity index (χ4v) is 1.61. The minimum Gasteiger partial charge on any atom is -0.376 e. The summed E-state index contributed by atoms with van der Waals surface area (Å²) in [6.45, 7) is 2.11. The minimum atomic E-state index is -0.548. The Morgan fingerprint density at radius 1 is 1.57 bits per heavy atom. The Kier molecular flexibility index (Phi) is 4.07. The Balaban J connectivity index is 2.59. The van der Waals surface area contributed by atoms with Crippen LogP contribution in [0, 0.1) is 0 Å². The molecule has 1 amide bonds. The Labute approximate surface area is 84.2 Å². The maximum Gasteiger partial charge on any atom is 0.225 e. The highest BCUT2D eigenvalue weighted by Crippen LogP contribution is 2.17. The Bertz CT molecular complexity index is 211. The van der Waals surface area contributed by atoms with Crippen LogP contribution in [0.15, 0.2) is 0 Å². The zero-order valence-corrected chi connectivity index (χ0v) is 8.66. The number of carbonyl (C=O) groups excluding carboxylic acids is 2. The molecule has 0 aliphatic carbocycles. The van der Waals surface area contributed by atoms with Crippen molar-refractivity contribution < 1.29 is 14.3 Å². The highest BCUT2D eigenvalue weighted by atomic mass is 16.5. The maximum absolute atomic E-state index is 11.1. The van der Waals surface area contributed by atoms with Gasteiger partial charge in [-0.05, 0) is 19.3 Å². The van der Waals surface area contributed by atoms with E-state index in [4.69, 9.17) is 4.74 Å². The van der Waals surface area contributed by atoms with Gasteiger partial charge in [-0.2, -0.15) is 0 Å². The van der Waals surface area contributed by atoms with Crippen LogP contribution in [0.25, 0.3) is 0 Å². The van der Waals surface area contributed by atoms with E-state index in [0.29, 0.717) is 6.61 Å². The van der Waals surface area contributed by atoms with E-state index in [2.05, 4.69) is 0 Å². The lowest BCUT2D eigenvalue weighted by Crippen LogP contribution is -2.47. The van der Waals surface area contributed by atoms with E-state index in [1.165, 1.54) is 11.8 Å². The summed E-state index contributed by atoms with van der Waals surface area (Å²) in [5.41, 5.74) is 0. The molecule has 0 bridgehead atoms. The molecule has 2 atom stereocenters. The summed E-state index contributed by atoms with van der Waals surface area (Å²) in [6.07, 6.45) is 4.63. The molecule has 14 heavy (non-hydrogen) atoms. The van der Waals surface area contributed by atoms with Gasteiger partial charge in [-0.3, -0.25) is 9.59 Å². The summed E-state index contributed by atoms with van der Waals surface area (Å²) in [6, 6.07) is -0.548. The van der Waals surface area contributed by atoms with Crippen LogP contribution in [0.2, 0.25) is 0 Å². The average Bonchev–Trinajstić information content (AvgIpc) is 2.20. The van der Waals surface area contributed by atoms with Crippen molar-refractivity contribution >= 4 is 12.2 Å². The highest BCUT2D eigenvalue weighted by molar-refractivity contribution is 5.77. The number of nitrogens with zero attached hydrogens (tertiary/aromatic N) is 1. The standard InChI is InChI=1S/C10H16NO3/c1-8(13)11(2)9(7-12)10-5-3-4-6-14-10/h9-10H,3-6H2,1-2H3. The lowest BCUT2D eigenvalue weighted by atomic mass is 10.0. The van der Waals surface area contributed by atoms with Gasteiger partial charge in [0, 0.05) is 20.6 Å². The van der Waals surface area contributed by atoms with Crippen LogP contribution in [0.4, 0.5) is 0 Å². The summed E-state index contributed by atoms with van der Waals surface area (Å²) in [7, 11) is 1.61. The van der Waals surface area contributed by atoms with Gasteiger partial charge in [-0.1, -0.05) is 0 Å². The lowest BCUT2D eigenvalue weighted by Gasteiger charge is -2.31. The monoisotopic (exact) mass is 198 g/mol. The average molecular weight is 198 g/mol. The van der Waals surface area contributed by atoms with Gasteiger partial charge in [-0.15, -0.1) is 0 Å². The molecule has 1 rings (SSSR count). The van der Waals surface area contributed by atoms with Gasteiger partial charge in [0.05, 0.1) is 6.10 Å². The molecular weight excluding hydrogens is 182 g/mol. The van der Waals surface area contributed by atoms with Crippen LogP contribution in [-0.4, -0.2) is 42.9 Å². The third-order valence-corrected chi connectivity index (χ3v) is 2.60. The molecule has 1 aliphatic heterocycles. The Morgan fingerprint density at radius 2 is 2.29 bits per heavy atom. The highest BCUT2D eigenvalue weighted by Gasteiger charge is 2.29. The molecule has 0 aromatic rings. The topological polar surface area (TPSA) is 46.6 Å². The van der Waals surface area contributed by atoms with Gasteiger partial charge in [0.15, 0.2) is 0 Å². The number of carbonyl (C=O) groups is 1. The molecule has 0 N–H and O–H groups in total.